The van der Waals surface area contributed by atoms with Crippen LogP contribution < -0.4 is 4.74 Å². The number of aryl methyl sites for hydroxylation is 1. The molecular weight excluding hydrogens is 364 g/mol. The highest BCUT2D eigenvalue weighted by molar-refractivity contribution is 5.70. The Morgan fingerprint density at radius 3 is 1.40 bits per heavy atom. The SMILES string of the molecule is Cc1cccc(C2c3c(C)c(C)c(C)c(C)c3Oc3c(C)c(C)c(C)c(C)c32)c1C. The largest absolute Gasteiger partial charge is 0.456 e. The van der Waals surface area contributed by atoms with E-state index in [9.17, 15) is 0 Å². The van der Waals surface area contributed by atoms with Crippen molar-refractivity contribution in [3.63, 3.8) is 0 Å². The molecular formula is C29H34O. The first-order valence-corrected chi connectivity index (χ1v) is 11.0. The van der Waals surface area contributed by atoms with Crippen molar-refractivity contribution in [3.05, 3.63) is 90.5 Å². The van der Waals surface area contributed by atoms with Gasteiger partial charge in [0.2, 0.25) is 0 Å². The first-order valence-electron chi connectivity index (χ1n) is 11.0. The van der Waals surface area contributed by atoms with Gasteiger partial charge >= 0.3 is 0 Å². The van der Waals surface area contributed by atoms with E-state index >= 15 is 0 Å². The molecule has 30 heavy (non-hydrogen) atoms. The van der Waals surface area contributed by atoms with Gasteiger partial charge in [0.1, 0.15) is 11.5 Å². The van der Waals surface area contributed by atoms with Crippen molar-refractivity contribution in [2.24, 2.45) is 0 Å². The van der Waals surface area contributed by atoms with Crippen LogP contribution in [0, 0.1) is 69.2 Å². The normalized spacial score (nSPS) is 13.1. The molecule has 0 saturated carbocycles. The summed E-state index contributed by atoms with van der Waals surface area (Å²) in [6.45, 7) is 22.4. The predicted molar refractivity (Wildman–Crippen MR) is 128 cm³/mol. The Balaban J connectivity index is 2.21. The van der Waals surface area contributed by atoms with E-state index in [2.05, 4.69) is 87.4 Å². The number of hydrogen-bond donors (Lipinski definition) is 0. The Morgan fingerprint density at radius 2 is 0.933 bits per heavy atom. The lowest BCUT2D eigenvalue weighted by Gasteiger charge is -2.36. The molecule has 0 spiro atoms. The van der Waals surface area contributed by atoms with Gasteiger partial charge in [-0.15, -0.1) is 0 Å². The molecule has 0 amide bonds. The van der Waals surface area contributed by atoms with E-state index in [1.54, 1.807) is 0 Å². The van der Waals surface area contributed by atoms with E-state index in [0.717, 1.165) is 11.5 Å². The van der Waals surface area contributed by atoms with Crippen LogP contribution in [0.25, 0.3) is 0 Å². The average Bonchev–Trinajstić information content (AvgIpc) is 2.73. The van der Waals surface area contributed by atoms with Crippen LogP contribution in [0.4, 0.5) is 0 Å². The summed E-state index contributed by atoms with van der Waals surface area (Å²) in [5.74, 6) is 2.33. The van der Waals surface area contributed by atoms with Gasteiger partial charge in [0, 0.05) is 17.0 Å². The van der Waals surface area contributed by atoms with Crippen LogP contribution in [0.15, 0.2) is 18.2 Å². The van der Waals surface area contributed by atoms with Crippen LogP contribution in [0.5, 0.6) is 11.5 Å². The van der Waals surface area contributed by atoms with E-state index in [4.69, 9.17) is 4.74 Å². The van der Waals surface area contributed by atoms with Crippen molar-refractivity contribution in [2.45, 2.75) is 75.2 Å². The second-order valence-corrected chi connectivity index (χ2v) is 9.31. The smallest absolute Gasteiger partial charge is 0.135 e. The van der Waals surface area contributed by atoms with Crippen LogP contribution in [-0.4, -0.2) is 0 Å². The van der Waals surface area contributed by atoms with Gasteiger partial charge in [-0.2, -0.15) is 0 Å². The molecule has 0 radical (unpaired) electrons. The van der Waals surface area contributed by atoms with Crippen LogP contribution >= 0.6 is 0 Å². The molecule has 1 nitrogen and oxygen atoms in total. The van der Waals surface area contributed by atoms with Gasteiger partial charge in [-0.25, -0.2) is 0 Å². The lowest BCUT2D eigenvalue weighted by atomic mass is 9.73. The topological polar surface area (TPSA) is 9.23 Å². The standard InChI is InChI=1S/C29H34O/c1-14-12-11-13-24(15(14)2)27-25-20(7)16(3)18(5)22(9)28(25)30-29-23(10)19(6)17(4)21(8)26(27)29/h11-13,27H,1-10H3. The summed E-state index contributed by atoms with van der Waals surface area (Å²) in [4.78, 5) is 0. The molecule has 1 heterocycles. The summed E-state index contributed by atoms with van der Waals surface area (Å²) in [7, 11) is 0. The van der Waals surface area contributed by atoms with E-state index in [0.29, 0.717) is 0 Å². The van der Waals surface area contributed by atoms with Gasteiger partial charge in [0.15, 0.2) is 0 Å². The quantitative estimate of drug-likeness (QED) is 0.315. The molecule has 3 aromatic rings. The minimum absolute atomic E-state index is 0.194. The molecule has 0 saturated heterocycles. The summed E-state index contributed by atoms with van der Waals surface area (Å²) >= 11 is 0. The minimum Gasteiger partial charge on any atom is -0.456 e. The first kappa shape index (κ1) is 20.7. The number of rotatable bonds is 1. The van der Waals surface area contributed by atoms with E-state index in [-0.39, 0.29) is 5.92 Å². The Labute approximate surface area is 182 Å². The molecule has 4 rings (SSSR count). The van der Waals surface area contributed by atoms with Gasteiger partial charge < -0.3 is 4.74 Å². The minimum atomic E-state index is 0.194. The van der Waals surface area contributed by atoms with Crippen molar-refractivity contribution in [3.8, 4) is 11.5 Å². The number of hydrogen-bond acceptors (Lipinski definition) is 1. The van der Waals surface area contributed by atoms with Gasteiger partial charge in [-0.05, 0) is 130 Å². The summed E-state index contributed by atoms with van der Waals surface area (Å²) in [5, 5.41) is 0. The third-order valence-electron chi connectivity index (χ3n) is 8.09. The molecule has 0 fully saturated rings. The fraction of sp³-hybridized carbons (Fsp3) is 0.379. The summed E-state index contributed by atoms with van der Waals surface area (Å²) < 4.78 is 6.79. The molecule has 1 aliphatic rings. The van der Waals surface area contributed by atoms with Crippen LogP contribution in [0.2, 0.25) is 0 Å². The maximum Gasteiger partial charge on any atom is 0.135 e. The second kappa shape index (κ2) is 7.01. The summed E-state index contributed by atoms with van der Waals surface area (Å²) in [6.07, 6.45) is 0. The van der Waals surface area contributed by atoms with Crippen LogP contribution in [0.3, 0.4) is 0 Å². The van der Waals surface area contributed by atoms with Gasteiger partial charge in [-0.1, -0.05) is 18.2 Å². The monoisotopic (exact) mass is 398 g/mol. The number of fused-ring (bicyclic) bond motifs is 2. The third kappa shape index (κ3) is 2.68. The highest BCUT2D eigenvalue weighted by atomic mass is 16.5. The Morgan fingerprint density at radius 1 is 0.500 bits per heavy atom. The maximum atomic E-state index is 6.79. The molecule has 3 aromatic carbocycles. The summed E-state index contributed by atoms with van der Waals surface area (Å²) in [6, 6.07) is 6.75. The lowest BCUT2D eigenvalue weighted by molar-refractivity contribution is 0.442. The first-order chi connectivity index (χ1) is 14.1. The van der Waals surface area contributed by atoms with Crippen LogP contribution in [-0.2, 0) is 0 Å². The van der Waals surface area contributed by atoms with Crippen molar-refractivity contribution in [1.82, 2.24) is 0 Å². The molecule has 0 aliphatic carbocycles. The zero-order chi connectivity index (χ0) is 22.1. The lowest BCUT2D eigenvalue weighted by Crippen LogP contribution is -2.20. The Kier molecular flexibility index (Phi) is 4.84. The van der Waals surface area contributed by atoms with Gasteiger partial charge in [0.05, 0.1) is 0 Å². The van der Waals surface area contributed by atoms with Crippen molar-refractivity contribution in [1.29, 1.82) is 0 Å². The molecule has 0 unspecified atom stereocenters. The predicted octanol–water partition coefficient (Wildman–Crippen LogP) is 8.06. The Hall–Kier alpha value is -2.54. The van der Waals surface area contributed by atoms with E-state index in [1.807, 2.05) is 0 Å². The van der Waals surface area contributed by atoms with E-state index in [1.165, 1.54) is 72.3 Å². The highest BCUT2D eigenvalue weighted by Crippen LogP contribution is 2.54. The van der Waals surface area contributed by atoms with Crippen LogP contribution in [0.1, 0.15) is 78.2 Å². The van der Waals surface area contributed by atoms with Gasteiger partial charge in [0.25, 0.3) is 0 Å². The second-order valence-electron chi connectivity index (χ2n) is 9.31. The summed E-state index contributed by atoms with van der Waals surface area (Å²) in [5.41, 5.74) is 17.5. The maximum absolute atomic E-state index is 6.79. The fourth-order valence-corrected chi connectivity index (χ4v) is 5.22. The highest BCUT2D eigenvalue weighted by Gasteiger charge is 2.36. The van der Waals surface area contributed by atoms with Crippen molar-refractivity contribution in [2.75, 3.05) is 0 Å². The molecule has 0 aromatic heterocycles. The molecule has 0 bridgehead atoms. The molecule has 0 atom stereocenters. The zero-order valence-corrected chi connectivity index (χ0v) is 20.2. The average molecular weight is 399 g/mol. The molecule has 156 valence electrons. The number of benzene rings is 3. The zero-order valence-electron chi connectivity index (χ0n) is 20.2. The molecule has 0 N–H and O–H groups in total. The van der Waals surface area contributed by atoms with Crippen molar-refractivity contribution < 1.29 is 4.74 Å². The molecule has 1 aliphatic heterocycles. The van der Waals surface area contributed by atoms with Gasteiger partial charge in [-0.3, -0.25) is 0 Å². The van der Waals surface area contributed by atoms with Crippen molar-refractivity contribution >= 4 is 0 Å². The van der Waals surface area contributed by atoms with E-state index < -0.39 is 0 Å². The third-order valence-corrected chi connectivity index (χ3v) is 8.09. The Bertz CT molecular complexity index is 1140. The fourth-order valence-electron chi connectivity index (χ4n) is 5.22. The number of ether oxygens (including phenoxy) is 1. The molecule has 1 heteroatoms.